The standard InChI is InChI=1S/C16H21N3/c1-11-9-15(6-5-14(11)10-12(2)17)19-8-7-16(18-19)13-3-4-13/h5-9,12-13H,3-4,10,17H2,1-2H3. The van der Waals surface area contributed by atoms with E-state index in [4.69, 9.17) is 5.73 Å². The highest BCUT2D eigenvalue weighted by Gasteiger charge is 2.25. The predicted molar refractivity (Wildman–Crippen MR) is 77.6 cm³/mol. The van der Waals surface area contributed by atoms with Gasteiger partial charge in [0.25, 0.3) is 0 Å². The number of aryl methyl sites for hydroxylation is 1. The third-order valence-electron chi connectivity index (χ3n) is 3.74. The molecule has 1 aromatic heterocycles. The summed E-state index contributed by atoms with van der Waals surface area (Å²) >= 11 is 0. The molecule has 100 valence electrons. The lowest BCUT2D eigenvalue weighted by Crippen LogP contribution is -2.18. The molecule has 2 aromatic rings. The lowest BCUT2D eigenvalue weighted by molar-refractivity contribution is 0.734. The van der Waals surface area contributed by atoms with Crippen molar-refractivity contribution in [3.8, 4) is 5.69 Å². The molecule has 1 saturated carbocycles. The highest BCUT2D eigenvalue weighted by Crippen LogP contribution is 2.39. The van der Waals surface area contributed by atoms with Crippen molar-refractivity contribution in [3.63, 3.8) is 0 Å². The van der Waals surface area contributed by atoms with Crippen molar-refractivity contribution in [1.82, 2.24) is 9.78 Å². The Kier molecular flexibility index (Phi) is 3.15. The predicted octanol–water partition coefficient (Wildman–Crippen LogP) is 2.95. The summed E-state index contributed by atoms with van der Waals surface area (Å²) in [7, 11) is 0. The van der Waals surface area contributed by atoms with E-state index < -0.39 is 0 Å². The van der Waals surface area contributed by atoms with Crippen LogP contribution in [0.1, 0.15) is 42.5 Å². The first-order chi connectivity index (χ1) is 9.13. The SMILES string of the molecule is Cc1cc(-n2ccc(C3CC3)n2)ccc1CC(C)N. The molecule has 0 amide bonds. The maximum Gasteiger partial charge on any atom is 0.0659 e. The van der Waals surface area contributed by atoms with E-state index in [-0.39, 0.29) is 6.04 Å². The van der Waals surface area contributed by atoms with Gasteiger partial charge in [0, 0.05) is 18.2 Å². The zero-order chi connectivity index (χ0) is 13.4. The van der Waals surface area contributed by atoms with E-state index >= 15 is 0 Å². The summed E-state index contributed by atoms with van der Waals surface area (Å²) in [5.41, 5.74) is 10.9. The van der Waals surface area contributed by atoms with Gasteiger partial charge < -0.3 is 5.73 Å². The van der Waals surface area contributed by atoms with Crippen LogP contribution in [0.2, 0.25) is 0 Å². The van der Waals surface area contributed by atoms with Crippen LogP contribution in [0.4, 0.5) is 0 Å². The van der Waals surface area contributed by atoms with Crippen LogP contribution in [-0.4, -0.2) is 15.8 Å². The molecule has 1 aliphatic carbocycles. The van der Waals surface area contributed by atoms with Crippen molar-refractivity contribution in [3.05, 3.63) is 47.3 Å². The first-order valence-corrected chi connectivity index (χ1v) is 7.04. The molecular formula is C16H21N3. The third-order valence-corrected chi connectivity index (χ3v) is 3.74. The topological polar surface area (TPSA) is 43.8 Å². The van der Waals surface area contributed by atoms with Crippen molar-refractivity contribution < 1.29 is 0 Å². The molecule has 0 saturated heterocycles. The van der Waals surface area contributed by atoms with Crippen LogP contribution >= 0.6 is 0 Å². The average molecular weight is 255 g/mol. The Balaban J connectivity index is 1.85. The molecule has 1 unspecified atom stereocenters. The molecule has 0 aliphatic heterocycles. The molecule has 3 rings (SSSR count). The molecule has 19 heavy (non-hydrogen) atoms. The fraction of sp³-hybridized carbons (Fsp3) is 0.438. The van der Waals surface area contributed by atoms with E-state index in [1.807, 2.05) is 11.6 Å². The summed E-state index contributed by atoms with van der Waals surface area (Å²) in [5, 5.41) is 4.67. The van der Waals surface area contributed by atoms with Crippen molar-refractivity contribution in [2.45, 2.75) is 45.1 Å². The Morgan fingerprint density at radius 1 is 1.37 bits per heavy atom. The number of nitrogens with two attached hydrogens (primary N) is 1. The Hall–Kier alpha value is -1.61. The van der Waals surface area contributed by atoms with Gasteiger partial charge in [0.15, 0.2) is 0 Å². The Bertz CT molecular complexity index is 579. The Morgan fingerprint density at radius 2 is 2.16 bits per heavy atom. The van der Waals surface area contributed by atoms with Gasteiger partial charge in [0.2, 0.25) is 0 Å². The number of hydrogen-bond donors (Lipinski definition) is 1. The summed E-state index contributed by atoms with van der Waals surface area (Å²) in [6.45, 7) is 4.19. The molecule has 1 aromatic carbocycles. The fourth-order valence-electron chi connectivity index (χ4n) is 2.48. The molecule has 0 bridgehead atoms. The number of aromatic nitrogens is 2. The first kappa shape index (κ1) is 12.4. The van der Waals surface area contributed by atoms with Crippen molar-refractivity contribution >= 4 is 0 Å². The van der Waals surface area contributed by atoms with E-state index in [0.717, 1.165) is 12.1 Å². The zero-order valence-electron chi connectivity index (χ0n) is 11.6. The lowest BCUT2D eigenvalue weighted by Gasteiger charge is -2.10. The molecule has 3 heteroatoms. The number of nitrogens with zero attached hydrogens (tertiary/aromatic N) is 2. The van der Waals surface area contributed by atoms with Gasteiger partial charge in [-0.2, -0.15) is 5.10 Å². The third kappa shape index (κ3) is 2.71. The molecule has 1 fully saturated rings. The van der Waals surface area contributed by atoms with Crippen LogP contribution in [-0.2, 0) is 6.42 Å². The van der Waals surface area contributed by atoms with Crippen LogP contribution < -0.4 is 5.73 Å². The van der Waals surface area contributed by atoms with Gasteiger partial charge in [-0.15, -0.1) is 0 Å². The lowest BCUT2D eigenvalue weighted by atomic mass is 10.0. The highest BCUT2D eigenvalue weighted by atomic mass is 15.3. The van der Waals surface area contributed by atoms with Gasteiger partial charge in [0.05, 0.1) is 11.4 Å². The average Bonchev–Trinajstić information content (AvgIpc) is 3.10. The zero-order valence-corrected chi connectivity index (χ0v) is 11.6. The van der Waals surface area contributed by atoms with Gasteiger partial charge in [-0.05, 0) is 62.4 Å². The number of hydrogen-bond acceptors (Lipinski definition) is 2. The largest absolute Gasteiger partial charge is 0.328 e. The fourth-order valence-corrected chi connectivity index (χ4v) is 2.48. The normalized spacial score (nSPS) is 16.6. The number of benzene rings is 1. The van der Waals surface area contributed by atoms with Crippen molar-refractivity contribution in [2.24, 2.45) is 5.73 Å². The summed E-state index contributed by atoms with van der Waals surface area (Å²) in [5.74, 6) is 0.708. The van der Waals surface area contributed by atoms with Crippen LogP contribution in [0.25, 0.3) is 5.69 Å². The summed E-state index contributed by atoms with van der Waals surface area (Å²) in [4.78, 5) is 0. The van der Waals surface area contributed by atoms with Crippen LogP contribution in [0.3, 0.4) is 0 Å². The second kappa shape index (κ2) is 4.82. The van der Waals surface area contributed by atoms with Gasteiger partial charge >= 0.3 is 0 Å². The van der Waals surface area contributed by atoms with Crippen molar-refractivity contribution in [2.75, 3.05) is 0 Å². The van der Waals surface area contributed by atoms with Crippen LogP contribution in [0, 0.1) is 6.92 Å². The van der Waals surface area contributed by atoms with Gasteiger partial charge in [-0.25, -0.2) is 4.68 Å². The minimum Gasteiger partial charge on any atom is -0.328 e. The smallest absolute Gasteiger partial charge is 0.0659 e. The quantitative estimate of drug-likeness (QED) is 0.912. The highest BCUT2D eigenvalue weighted by molar-refractivity contribution is 5.40. The van der Waals surface area contributed by atoms with Gasteiger partial charge in [-0.3, -0.25) is 0 Å². The summed E-state index contributed by atoms with van der Waals surface area (Å²) < 4.78 is 1.98. The molecule has 1 heterocycles. The Morgan fingerprint density at radius 3 is 2.79 bits per heavy atom. The second-order valence-corrected chi connectivity index (χ2v) is 5.75. The van der Waals surface area contributed by atoms with E-state index in [1.54, 1.807) is 0 Å². The summed E-state index contributed by atoms with van der Waals surface area (Å²) in [6, 6.07) is 8.85. The second-order valence-electron chi connectivity index (χ2n) is 5.75. The van der Waals surface area contributed by atoms with Crippen molar-refractivity contribution in [1.29, 1.82) is 0 Å². The molecule has 0 radical (unpaired) electrons. The number of rotatable bonds is 4. The molecule has 3 nitrogen and oxygen atoms in total. The molecule has 1 aliphatic rings. The Labute approximate surface area is 114 Å². The van der Waals surface area contributed by atoms with E-state index in [1.165, 1.54) is 29.7 Å². The van der Waals surface area contributed by atoms with Crippen LogP contribution in [0.15, 0.2) is 30.5 Å². The molecule has 0 spiro atoms. The van der Waals surface area contributed by atoms with E-state index in [2.05, 4.69) is 42.5 Å². The van der Waals surface area contributed by atoms with Gasteiger partial charge in [-0.1, -0.05) is 6.07 Å². The first-order valence-electron chi connectivity index (χ1n) is 7.04. The monoisotopic (exact) mass is 255 g/mol. The minimum absolute atomic E-state index is 0.204. The minimum atomic E-state index is 0.204. The van der Waals surface area contributed by atoms with Crippen LogP contribution in [0.5, 0.6) is 0 Å². The maximum atomic E-state index is 5.87. The molecular weight excluding hydrogens is 234 g/mol. The molecule has 2 N–H and O–H groups in total. The maximum absolute atomic E-state index is 5.87. The van der Waals surface area contributed by atoms with Gasteiger partial charge in [0.1, 0.15) is 0 Å². The van der Waals surface area contributed by atoms with E-state index in [0.29, 0.717) is 5.92 Å². The van der Waals surface area contributed by atoms with E-state index in [9.17, 15) is 0 Å². The molecule has 1 atom stereocenters. The summed E-state index contributed by atoms with van der Waals surface area (Å²) in [6.07, 6.45) is 5.58.